The van der Waals surface area contributed by atoms with Gasteiger partial charge in [0.25, 0.3) is 0 Å². The van der Waals surface area contributed by atoms with Crippen molar-refractivity contribution in [2.24, 2.45) is 5.10 Å². The van der Waals surface area contributed by atoms with Crippen molar-refractivity contribution >= 4 is 51.1 Å². The molecule has 5 nitrogen and oxygen atoms in total. The fraction of sp³-hybridized carbons (Fsp3) is 0.105. The third kappa shape index (κ3) is 4.47. The topological polar surface area (TPSA) is 66.4 Å². The average molecular weight is 385 g/mol. The highest BCUT2D eigenvalue weighted by Crippen LogP contribution is 2.31. The molecule has 1 aromatic heterocycles. The fourth-order valence-electron chi connectivity index (χ4n) is 2.15. The number of nitrogens with one attached hydrogen (secondary N) is 2. The molecule has 3 aromatic rings. The standard InChI is InChI=1S/C19H17ClN4OS/c1-12(2)23-24-18-17(16(25)13-8-10-14(20)11-9-13)26-19(22-18)21-15-6-4-3-5-7-15/h3-11,24H,1-2H3,(H,21,22). The monoisotopic (exact) mass is 384 g/mol. The van der Waals surface area contributed by atoms with Crippen LogP contribution in [0.3, 0.4) is 0 Å². The van der Waals surface area contributed by atoms with E-state index >= 15 is 0 Å². The van der Waals surface area contributed by atoms with Crippen LogP contribution in [-0.2, 0) is 0 Å². The number of hydrogen-bond acceptors (Lipinski definition) is 6. The van der Waals surface area contributed by atoms with Crippen LogP contribution in [0, 0.1) is 0 Å². The summed E-state index contributed by atoms with van der Waals surface area (Å²) in [6.45, 7) is 3.73. The van der Waals surface area contributed by atoms with Gasteiger partial charge in [0.05, 0.1) is 0 Å². The molecule has 0 aliphatic rings. The first kappa shape index (κ1) is 18.1. The number of thiazole rings is 1. The molecule has 0 saturated carbocycles. The predicted octanol–water partition coefficient (Wildman–Crippen LogP) is 5.58. The molecule has 2 aromatic carbocycles. The fourth-order valence-corrected chi connectivity index (χ4v) is 3.17. The Labute approximate surface area is 160 Å². The van der Waals surface area contributed by atoms with Crippen LogP contribution < -0.4 is 10.7 Å². The number of hydrazone groups is 1. The Morgan fingerprint density at radius 3 is 2.42 bits per heavy atom. The third-order valence-corrected chi connectivity index (χ3v) is 4.57. The van der Waals surface area contributed by atoms with Gasteiger partial charge in [-0.1, -0.05) is 41.1 Å². The number of carbonyl (C=O) groups is 1. The van der Waals surface area contributed by atoms with E-state index in [2.05, 4.69) is 20.8 Å². The molecule has 0 spiro atoms. The van der Waals surface area contributed by atoms with Gasteiger partial charge in [-0.25, -0.2) is 4.98 Å². The zero-order valence-corrected chi connectivity index (χ0v) is 15.9. The van der Waals surface area contributed by atoms with E-state index in [1.165, 1.54) is 11.3 Å². The normalized spacial score (nSPS) is 10.3. The number of nitrogens with zero attached hydrogens (tertiary/aromatic N) is 2. The number of rotatable bonds is 6. The maximum absolute atomic E-state index is 12.9. The highest BCUT2D eigenvalue weighted by molar-refractivity contribution is 7.18. The Morgan fingerprint density at radius 1 is 1.08 bits per heavy atom. The summed E-state index contributed by atoms with van der Waals surface area (Å²) in [5.74, 6) is 0.293. The summed E-state index contributed by atoms with van der Waals surface area (Å²) in [5, 5.41) is 8.59. The Bertz CT molecular complexity index is 932. The van der Waals surface area contributed by atoms with E-state index in [1.807, 2.05) is 44.2 Å². The van der Waals surface area contributed by atoms with Crippen LogP contribution in [0.1, 0.15) is 29.1 Å². The molecule has 0 atom stereocenters. The second-order valence-electron chi connectivity index (χ2n) is 5.69. The molecule has 0 aliphatic carbocycles. The predicted molar refractivity (Wildman–Crippen MR) is 109 cm³/mol. The van der Waals surface area contributed by atoms with E-state index in [-0.39, 0.29) is 5.78 Å². The van der Waals surface area contributed by atoms with Gasteiger partial charge in [0.2, 0.25) is 5.78 Å². The summed E-state index contributed by atoms with van der Waals surface area (Å²) in [6, 6.07) is 16.5. The molecule has 0 bridgehead atoms. The summed E-state index contributed by atoms with van der Waals surface area (Å²) in [4.78, 5) is 17.9. The minimum absolute atomic E-state index is 0.133. The van der Waals surface area contributed by atoms with Gasteiger partial charge in [-0.2, -0.15) is 5.10 Å². The summed E-state index contributed by atoms with van der Waals surface area (Å²) in [7, 11) is 0. The van der Waals surface area contributed by atoms with Gasteiger partial charge >= 0.3 is 0 Å². The molecule has 132 valence electrons. The van der Waals surface area contributed by atoms with Crippen molar-refractivity contribution in [1.82, 2.24) is 4.98 Å². The van der Waals surface area contributed by atoms with Gasteiger partial charge in [-0.05, 0) is 50.2 Å². The molecule has 26 heavy (non-hydrogen) atoms. The van der Waals surface area contributed by atoms with Crippen molar-refractivity contribution in [3.05, 3.63) is 70.1 Å². The first-order valence-corrected chi connectivity index (χ1v) is 9.12. The van der Waals surface area contributed by atoms with Gasteiger partial charge in [-0.3, -0.25) is 10.2 Å². The SMILES string of the molecule is CC(C)=NNc1nc(Nc2ccccc2)sc1C(=O)c1ccc(Cl)cc1. The van der Waals surface area contributed by atoms with Crippen molar-refractivity contribution in [3.63, 3.8) is 0 Å². The maximum Gasteiger partial charge on any atom is 0.206 e. The van der Waals surface area contributed by atoms with Crippen LogP contribution in [0.25, 0.3) is 0 Å². The summed E-state index contributed by atoms with van der Waals surface area (Å²) < 4.78 is 0. The van der Waals surface area contributed by atoms with Crippen LogP contribution in [0.2, 0.25) is 5.02 Å². The van der Waals surface area contributed by atoms with Crippen molar-refractivity contribution in [2.45, 2.75) is 13.8 Å². The molecule has 7 heteroatoms. The van der Waals surface area contributed by atoms with Crippen LogP contribution in [0.5, 0.6) is 0 Å². The number of anilines is 3. The second kappa shape index (κ2) is 8.12. The highest BCUT2D eigenvalue weighted by atomic mass is 35.5. The number of benzene rings is 2. The second-order valence-corrected chi connectivity index (χ2v) is 7.13. The zero-order chi connectivity index (χ0) is 18.5. The van der Waals surface area contributed by atoms with E-state index in [1.54, 1.807) is 24.3 Å². The first-order chi connectivity index (χ1) is 12.5. The Morgan fingerprint density at radius 2 is 1.77 bits per heavy atom. The Balaban J connectivity index is 1.94. The minimum Gasteiger partial charge on any atom is -0.331 e. The van der Waals surface area contributed by atoms with E-state index in [0.29, 0.717) is 26.4 Å². The number of para-hydroxylation sites is 1. The smallest absolute Gasteiger partial charge is 0.206 e. The van der Waals surface area contributed by atoms with E-state index in [0.717, 1.165) is 11.4 Å². The maximum atomic E-state index is 12.9. The minimum atomic E-state index is -0.133. The zero-order valence-electron chi connectivity index (χ0n) is 14.3. The molecule has 0 saturated heterocycles. The van der Waals surface area contributed by atoms with E-state index in [9.17, 15) is 4.79 Å². The largest absolute Gasteiger partial charge is 0.331 e. The molecule has 0 unspecified atom stereocenters. The Hall–Kier alpha value is -2.70. The van der Waals surface area contributed by atoms with Gasteiger partial charge in [-0.15, -0.1) is 0 Å². The summed E-state index contributed by atoms with van der Waals surface area (Å²) in [6.07, 6.45) is 0. The number of halogens is 1. The summed E-state index contributed by atoms with van der Waals surface area (Å²) in [5.41, 5.74) is 5.16. The number of hydrogen-bond donors (Lipinski definition) is 2. The van der Waals surface area contributed by atoms with Crippen LogP contribution in [0.4, 0.5) is 16.6 Å². The van der Waals surface area contributed by atoms with E-state index < -0.39 is 0 Å². The number of ketones is 1. The van der Waals surface area contributed by atoms with Gasteiger partial charge in [0.1, 0.15) is 4.88 Å². The number of carbonyl (C=O) groups excluding carboxylic acids is 1. The van der Waals surface area contributed by atoms with Crippen molar-refractivity contribution < 1.29 is 4.79 Å². The quantitative estimate of drug-likeness (QED) is 0.331. The van der Waals surface area contributed by atoms with Crippen molar-refractivity contribution in [1.29, 1.82) is 0 Å². The van der Waals surface area contributed by atoms with Crippen LogP contribution in [0.15, 0.2) is 59.7 Å². The molecule has 0 fully saturated rings. The van der Waals surface area contributed by atoms with Gasteiger partial charge in [0, 0.05) is 22.0 Å². The lowest BCUT2D eigenvalue weighted by atomic mass is 10.1. The summed E-state index contributed by atoms with van der Waals surface area (Å²) >= 11 is 7.19. The van der Waals surface area contributed by atoms with Crippen LogP contribution in [-0.4, -0.2) is 16.5 Å². The van der Waals surface area contributed by atoms with Gasteiger partial charge < -0.3 is 5.32 Å². The Kier molecular flexibility index (Phi) is 5.65. The molecule has 1 heterocycles. The van der Waals surface area contributed by atoms with Crippen molar-refractivity contribution in [3.8, 4) is 0 Å². The molecule has 2 N–H and O–H groups in total. The van der Waals surface area contributed by atoms with Gasteiger partial charge in [0.15, 0.2) is 10.9 Å². The van der Waals surface area contributed by atoms with E-state index in [4.69, 9.17) is 11.6 Å². The third-order valence-electron chi connectivity index (χ3n) is 3.35. The molecule has 0 radical (unpaired) electrons. The first-order valence-electron chi connectivity index (χ1n) is 7.93. The lowest BCUT2D eigenvalue weighted by Crippen LogP contribution is -2.03. The lowest BCUT2D eigenvalue weighted by molar-refractivity contribution is 0.104. The van der Waals surface area contributed by atoms with Crippen LogP contribution >= 0.6 is 22.9 Å². The number of aromatic nitrogens is 1. The molecular formula is C19H17ClN4OS. The molecule has 0 aliphatic heterocycles. The highest BCUT2D eigenvalue weighted by Gasteiger charge is 2.20. The molecular weight excluding hydrogens is 368 g/mol. The lowest BCUT2D eigenvalue weighted by Gasteiger charge is -2.02. The molecule has 3 rings (SSSR count). The molecule has 0 amide bonds. The average Bonchev–Trinajstić information content (AvgIpc) is 3.03. The van der Waals surface area contributed by atoms with Crippen molar-refractivity contribution in [2.75, 3.05) is 10.7 Å².